The van der Waals surface area contributed by atoms with Crippen LogP contribution in [0.1, 0.15) is 40.5 Å². The number of nitrogens with zero attached hydrogens (tertiary/aromatic N) is 2. The summed E-state index contributed by atoms with van der Waals surface area (Å²) in [4.78, 5) is 48.8. The molecule has 36 heavy (non-hydrogen) atoms. The Labute approximate surface area is 207 Å². The summed E-state index contributed by atoms with van der Waals surface area (Å²) in [6, 6.07) is 14.6. The van der Waals surface area contributed by atoms with Crippen LogP contribution in [0.3, 0.4) is 0 Å². The first-order valence-electron chi connectivity index (χ1n) is 11.3. The summed E-state index contributed by atoms with van der Waals surface area (Å²) in [5.74, 6) is -0.936. The van der Waals surface area contributed by atoms with Crippen LogP contribution in [0.5, 0.6) is 5.75 Å². The number of aromatic nitrogens is 2. The third-order valence-corrected chi connectivity index (χ3v) is 5.22. The quantitative estimate of drug-likeness (QED) is 0.427. The molecule has 1 aromatic heterocycles. The fraction of sp³-hybridized carbons (Fsp3) is 0.269. The predicted molar refractivity (Wildman–Crippen MR) is 132 cm³/mol. The van der Waals surface area contributed by atoms with Gasteiger partial charge in [0.25, 0.3) is 5.56 Å². The van der Waals surface area contributed by atoms with E-state index < -0.39 is 17.8 Å². The summed E-state index contributed by atoms with van der Waals surface area (Å²) in [6.45, 7) is 2.68. The number of hydrogen-bond donors (Lipinski definition) is 1. The molecule has 0 atom stereocenters. The molecule has 0 radical (unpaired) electrons. The van der Waals surface area contributed by atoms with Gasteiger partial charge in [0.1, 0.15) is 5.75 Å². The molecule has 3 rings (SSSR count). The highest BCUT2D eigenvalue weighted by molar-refractivity contribution is 6.03. The van der Waals surface area contributed by atoms with E-state index in [0.29, 0.717) is 18.7 Å². The van der Waals surface area contributed by atoms with Crippen LogP contribution in [0, 0.1) is 0 Å². The van der Waals surface area contributed by atoms with Crippen molar-refractivity contribution in [2.75, 3.05) is 26.1 Å². The van der Waals surface area contributed by atoms with E-state index in [0.717, 1.165) is 11.3 Å². The number of methoxy groups -OCH3 is 2. The van der Waals surface area contributed by atoms with Gasteiger partial charge < -0.3 is 19.5 Å². The number of carbonyl (C=O) groups excluding carboxylic acids is 3. The van der Waals surface area contributed by atoms with Gasteiger partial charge >= 0.3 is 11.9 Å². The van der Waals surface area contributed by atoms with Crippen molar-refractivity contribution in [2.24, 2.45) is 0 Å². The topological polar surface area (TPSA) is 126 Å². The predicted octanol–water partition coefficient (Wildman–Crippen LogP) is 3.30. The number of amides is 1. The monoisotopic (exact) mass is 493 g/mol. The minimum atomic E-state index is -0.663. The molecule has 0 saturated heterocycles. The molecule has 0 unspecified atom stereocenters. The second kappa shape index (κ2) is 12.3. The summed E-state index contributed by atoms with van der Waals surface area (Å²) in [6.07, 6.45) is 0.361. The smallest absolute Gasteiger partial charge is 0.339 e. The van der Waals surface area contributed by atoms with Crippen LogP contribution in [-0.4, -0.2) is 48.5 Å². The van der Waals surface area contributed by atoms with Crippen LogP contribution in [0.15, 0.2) is 59.4 Å². The Bertz CT molecular complexity index is 1300. The van der Waals surface area contributed by atoms with Crippen molar-refractivity contribution in [1.29, 1.82) is 0 Å². The Morgan fingerprint density at radius 1 is 0.944 bits per heavy atom. The molecule has 188 valence electrons. The number of aryl methyl sites for hydroxylation is 1. The Balaban J connectivity index is 1.67. The van der Waals surface area contributed by atoms with Gasteiger partial charge in [-0.1, -0.05) is 0 Å². The van der Waals surface area contributed by atoms with Crippen LogP contribution in [0.4, 0.5) is 5.69 Å². The minimum absolute atomic E-state index is 0.0461. The van der Waals surface area contributed by atoms with Crippen molar-refractivity contribution in [3.63, 3.8) is 0 Å². The Morgan fingerprint density at radius 2 is 1.67 bits per heavy atom. The number of rotatable bonds is 10. The summed E-state index contributed by atoms with van der Waals surface area (Å²) in [5, 5.41) is 7.04. The van der Waals surface area contributed by atoms with Crippen LogP contribution in [0.2, 0.25) is 0 Å². The van der Waals surface area contributed by atoms with Crippen molar-refractivity contribution >= 4 is 23.5 Å². The largest absolute Gasteiger partial charge is 0.494 e. The number of benzene rings is 2. The van der Waals surface area contributed by atoms with E-state index in [1.165, 1.54) is 43.2 Å². The lowest BCUT2D eigenvalue weighted by Crippen LogP contribution is -2.23. The lowest BCUT2D eigenvalue weighted by molar-refractivity contribution is -0.116. The van der Waals surface area contributed by atoms with Crippen molar-refractivity contribution in [1.82, 2.24) is 9.78 Å². The molecule has 10 nitrogen and oxygen atoms in total. The number of hydrogen-bond acceptors (Lipinski definition) is 8. The molecular formula is C26H27N3O7. The third-order valence-electron chi connectivity index (χ3n) is 5.22. The summed E-state index contributed by atoms with van der Waals surface area (Å²) in [7, 11) is 2.45. The summed E-state index contributed by atoms with van der Waals surface area (Å²) >= 11 is 0. The molecule has 0 aliphatic rings. The normalized spacial score (nSPS) is 10.4. The van der Waals surface area contributed by atoms with E-state index in [1.807, 2.05) is 31.2 Å². The second-order valence-corrected chi connectivity index (χ2v) is 7.63. The van der Waals surface area contributed by atoms with Crippen LogP contribution in [-0.2, 0) is 20.8 Å². The molecule has 10 heteroatoms. The standard InChI is InChI=1S/C26H27N3O7/c1-4-36-19-10-7-17(8-11-19)21-13-14-24(31)29(28-21)15-5-6-23(30)27-22-16-18(25(32)34-2)9-12-20(22)26(33)35-3/h7-14,16H,4-6,15H2,1-3H3,(H,27,30). The van der Waals surface area contributed by atoms with E-state index in [-0.39, 0.29) is 35.3 Å². The zero-order valence-electron chi connectivity index (χ0n) is 20.3. The van der Waals surface area contributed by atoms with E-state index in [9.17, 15) is 19.2 Å². The molecule has 1 amide bonds. The molecular weight excluding hydrogens is 466 g/mol. The van der Waals surface area contributed by atoms with E-state index >= 15 is 0 Å². The van der Waals surface area contributed by atoms with E-state index in [2.05, 4.69) is 10.4 Å². The molecule has 1 heterocycles. The fourth-order valence-corrected chi connectivity index (χ4v) is 3.43. The Hall–Kier alpha value is -4.47. The first-order chi connectivity index (χ1) is 17.4. The first kappa shape index (κ1) is 26.1. The van der Waals surface area contributed by atoms with Crippen LogP contribution >= 0.6 is 0 Å². The maximum absolute atomic E-state index is 12.6. The molecule has 0 fully saturated rings. The van der Waals surface area contributed by atoms with Gasteiger partial charge in [0, 0.05) is 24.6 Å². The van der Waals surface area contributed by atoms with Crippen molar-refractivity contribution < 1.29 is 28.6 Å². The van der Waals surface area contributed by atoms with Crippen molar-refractivity contribution in [3.8, 4) is 17.0 Å². The van der Waals surface area contributed by atoms with Gasteiger partial charge in [0.05, 0.1) is 43.3 Å². The van der Waals surface area contributed by atoms with Gasteiger partial charge in [-0.2, -0.15) is 5.10 Å². The lowest BCUT2D eigenvalue weighted by atomic mass is 10.1. The first-order valence-corrected chi connectivity index (χ1v) is 11.3. The maximum Gasteiger partial charge on any atom is 0.339 e. The third kappa shape index (κ3) is 6.56. The minimum Gasteiger partial charge on any atom is -0.494 e. The number of nitrogens with one attached hydrogen (secondary N) is 1. The average molecular weight is 494 g/mol. The van der Waals surface area contributed by atoms with Crippen molar-refractivity contribution in [3.05, 3.63) is 76.1 Å². The van der Waals surface area contributed by atoms with Crippen LogP contribution in [0.25, 0.3) is 11.3 Å². The van der Waals surface area contributed by atoms with Crippen LogP contribution < -0.4 is 15.6 Å². The number of ether oxygens (including phenoxy) is 3. The van der Waals surface area contributed by atoms with Gasteiger partial charge in [0.15, 0.2) is 0 Å². The fourth-order valence-electron chi connectivity index (χ4n) is 3.43. The molecule has 0 bridgehead atoms. The molecule has 0 spiro atoms. The van der Waals surface area contributed by atoms with Crippen molar-refractivity contribution in [2.45, 2.75) is 26.3 Å². The van der Waals surface area contributed by atoms with Gasteiger partial charge in [-0.05, 0) is 61.9 Å². The summed E-state index contributed by atoms with van der Waals surface area (Å²) in [5.41, 5.74) is 1.54. The highest BCUT2D eigenvalue weighted by Gasteiger charge is 2.17. The highest BCUT2D eigenvalue weighted by atomic mass is 16.5. The summed E-state index contributed by atoms with van der Waals surface area (Å²) < 4.78 is 16.2. The average Bonchev–Trinajstić information content (AvgIpc) is 2.89. The molecule has 1 N–H and O–H groups in total. The Kier molecular flexibility index (Phi) is 8.93. The zero-order valence-corrected chi connectivity index (χ0v) is 20.3. The number of esters is 2. The maximum atomic E-state index is 12.6. The molecule has 0 aliphatic carbocycles. The molecule has 2 aromatic carbocycles. The van der Waals surface area contributed by atoms with Gasteiger partial charge in [0.2, 0.25) is 5.91 Å². The van der Waals surface area contributed by atoms with Gasteiger partial charge in [-0.15, -0.1) is 0 Å². The number of anilines is 1. The van der Waals surface area contributed by atoms with E-state index in [4.69, 9.17) is 14.2 Å². The zero-order chi connectivity index (χ0) is 26.1. The molecule has 0 aliphatic heterocycles. The highest BCUT2D eigenvalue weighted by Crippen LogP contribution is 2.21. The number of carbonyl (C=O) groups is 3. The second-order valence-electron chi connectivity index (χ2n) is 7.63. The molecule has 0 saturated carbocycles. The molecule has 3 aromatic rings. The SMILES string of the molecule is CCOc1ccc(-c2ccc(=O)n(CCCC(=O)Nc3cc(C(=O)OC)ccc3C(=O)OC)n2)cc1. The van der Waals surface area contributed by atoms with Gasteiger partial charge in [-0.3, -0.25) is 9.59 Å². The lowest BCUT2D eigenvalue weighted by Gasteiger charge is -2.12. The van der Waals surface area contributed by atoms with E-state index in [1.54, 1.807) is 6.07 Å². The van der Waals surface area contributed by atoms with Gasteiger partial charge in [-0.25, -0.2) is 14.3 Å². The Morgan fingerprint density at radius 3 is 2.33 bits per heavy atom.